The first-order valence-corrected chi connectivity index (χ1v) is 4.22. The highest BCUT2D eigenvalue weighted by Crippen LogP contribution is 2.13. The van der Waals surface area contributed by atoms with Crippen LogP contribution in [0.1, 0.15) is 0 Å². The topological polar surface area (TPSA) is 68.0 Å². The van der Waals surface area contributed by atoms with Gasteiger partial charge in [0.2, 0.25) is 0 Å². The summed E-state index contributed by atoms with van der Waals surface area (Å²) in [6.07, 6.45) is 0. The normalized spacial score (nSPS) is 10.5. The van der Waals surface area contributed by atoms with Crippen LogP contribution in [0, 0.1) is 0 Å². The quantitative estimate of drug-likeness (QED) is 0.693. The summed E-state index contributed by atoms with van der Waals surface area (Å²) in [7, 11) is 0. The van der Waals surface area contributed by atoms with E-state index in [4.69, 9.17) is 5.21 Å². The predicted molar refractivity (Wildman–Crippen MR) is 48.7 cm³/mol. The summed E-state index contributed by atoms with van der Waals surface area (Å²) >= 11 is 3.21. The lowest BCUT2D eigenvalue weighted by atomic mass is 10.2. The maximum absolute atomic E-state index is 11.3. The molecule has 0 amide bonds. The molecule has 2 aromatic rings. The molecule has 0 saturated heterocycles. The Labute approximate surface area is 80.7 Å². The Morgan fingerprint density at radius 3 is 3.00 bits per heavy atom. The molecule has 0 spiro atoms. The summed E-state index contributed by atoms with van der Waals surface area (Å²) in [6.45, 7) is 0. The molecule has 0 aliphatic carbocycles. The van der Waals surface area contributed by atoms with Crippen molar-refractivity contribution >= 4 is 26.8 Å². The van der Waals surface area contributed by atoms with E-state index in [1.165, 1.54) is 0 Å². The van der Waals surface area contributed by atoms with Crippen LogP contribution in [0.5, 0.6) is 0 Å². The zero-order valence-electron chi connectivity index (χ0n) is 6.31. The van der Waals surface area contributed by atoms with Gasteiger partial charge in [0.25, 0.3) is 0 Å². The molecule has 13 heavy (non-hydrogen) atoms. The maximum atomic E-state index is 11.3. The van der Waals surface area contributed by atoms with Crippen LogP contribution in [-0.2, 0) is 0 Å². The number of hydrogen-bond donors (Lipinski definition) is 1. The fourth-order valence-corrected chi connectivity index (χ4v) is 1.37. The monoisotopic (exact) mass is 241 g/mol. The number of fused-ring (bicyclic) bond motifs is 1. The van der Waals surface area contributed by atoms with Gasteiger partial charge >= 0.3 is 5.56 Å². The number of halogens is 1. The molecular weight excluding hydrogens is 238 g/mol. The Balaban J connectivity index is 2.97. The molecule has 1 aromatic heterocycles. The van der Waals surface area contributed by atoms with Crippen LogP contribution in [0.15, 0.2) is 27.5 Å². The van der Waals surface area contributed by atoms with Crippen LogP contribution in [-0.4, -0.2) is 20.4 Å². The highest BCUT2D eigenvalue weighted by atomic mass is 79.9. The minimum Gasteiger partial charge on any atom is -0.407 e. The Hall–Kier alpha value is -1.43. The van der Waals surface area contributed by atoms with Crippen molar-refractivity contribution in [2.75, 3.05) is 0 Å². The van der Waals surface area contributed by atoms with Crippen LogP contribution in [0.4, 0.5) is 0 Å². The SMILES string of the molecule is O=c1c2cc(Br)ccc2nnn1O. The molecule has 0 bridgehead atoms. The van der Waals surface area contributed by atoms with E-state index in [1.54, 1.807) is 18.2 Å². The smallest absolute Gasteiger partial charge is 0.314 e. The average Bonchev–Trinajstić information content (AvgIpc) is 2.12. The standard InChI is InChI=1S/C7H4BrN3O2/c8-4-1-2-6-5(3-4)7(12)11(13)10-9-6/h1-3,13H. The fraction of sp³-hybridized carbons (Fsp3) is 0. The van der Waals surface area contributed by atoms with Gasteiger partial charge in [-0.05, 0) is 28.3 Å². The minimum absolute atomic E-state index is 0.217. The van der Waals surface area contributed by atoms with Gasteiger partial charge in [-0.2, -0.15) is 0 Å². The van der Waals surface area contributed by atoms with Crippen molar-refractivity contribution in [3.05, 3.63) is 33.0 Å². The van der Waals surface area contributed by atoms with Gasteiger partial charge in [0.05, 0.1) is 5.39 Å². The summed E-state index contributed by atoms with van der Waals surface area (Å²) in [5.41, 5.74) is -0.121. The van der Waals surface area contributed by atoms with Gasteiger partial charge < -0.3 is 5.21 Å². The van der Waals surface area contributed by atoms with E-state index in [9.17, 15) is 4.79 Å². The van der Waals surface area contributed by atoms with Crippen molar-refractivity contribution in [2.45, 2.75) is 0 Å². The molecule has 0 aliphatic heterocycles. The Bertz CT molecular complexity index is 517. The van der Waals surface area contributed by atoms with E-state index in [0.717, 1.165) is 4.47 Å². The second kappa shape index (κ2) is 2.81. The molecule has 0 radical (unpaired) electrons. The van der Waals surface area contributed by atoms with Crippen LogP contribution in [0.25, 0.3) is 10.9 Å². The van der Waals surface area contributed by atoms with Gasteiger partial charge in [0.15, 0.2) is 0 Å². The fourth-order valence-electron chi connectivity index (χ4n) is 1.01. The molecule has 6 heteroatoms. The summed E-state index contributed by atoms with van der Waals surface area (Å²) in [6, 6.07) is 4.98. The zero-order valence-corrected chi connectivity index (χ0v) is 7.89. The molecule has 0 unspecified atom stereocenters. The van der Waals surface area contributed by atoms with Crippen molar-refractivity contribution in [1.29, 1.82) is 0 Å². The van der Waals surface area contributed by atoms with Gasteiger partial charge in [0.1, 0.15) is 5.52 Å². The Morgan fingerprint density at radius 2 is 2.23 bits per heavy atom. The van der Waals surface area contributed by atoms with Crippen LogP contribution in [0.3, 0.4) is 0 Å². The molecule has 66 valence electrons. The number of nitrogens with zero attached hydrogens (tertiary/aromatic N) is 3. The van der Waals surface area contributed by atoms with E-state index in [1.807, 2.05) is 0 Å². The predicted octanol–water partition coefficient (Wildman–Crippen LogP) is 0.791. The summed E-state index contributed by atoms with van der Waals surface area (Å²) < 4.78 is 0.755. The van der Waals surface area contributed by atoms with Gasteiger partial charge in [-0.25, -0.2) is 0 Å². The van der Waals surface area contributed by atoms with Crippen molar-refractivity contribution < 1.29 is 5.21 Å². The zero-order chi connectivity index (χ0) is 9.42. The second-order valence-corrected chi connectivity index (χ2v) is 3.36. The third-order valence-electron chi connectivity index (χ3n) is 1.61. The lowest BCUT2D eigenvalue weighted by molar-refractivity contribution is 0.127. The number of benzene rings is 1. The molecule has 1 N–H and O–H groups in total. The minimum atomic E-state index is -0.577. The van der Waals surface area contributed by atoms with E-state index in [2.05, 4.69) is 26.2 Å². The van der Waals surface area contributed by atoms with Crippen LogP contribution in [0.2, 0.25) is 0 Å². The summed E-state index contributed by atoms with van der Waals surface area (Å²) in [4.78, 5) is 11.5. The van der Waals surface area contributed by atoms with Crippen molar-refractivity contribution in [3.63, 3.8) is 0 Å². The average molecular weight is 242 g/mol. The largest absolute Gasteiger partial charge is 0.407 e. The maximum Gasteiger partial charge on any atom is 0.314 e. The molecule has 0 fully saturated rings. The van der Waals surface area contributed by atoms with Crippen LogP contribution < -0.4 is 5.56 Å². The van der Waals surface area contributed by atoms with Crippen molar-refractivity contribution in [1.82, 2.24) is 15.2 Å². The molecular formula is C7H4BrN3O2. The molecule has 1 heterocycles. The first-order valence-electron chi connectivity index (χ1n) is 3.43. The molecule has 2 rings (SSSR count). The van der Waals surface area contributed by atoms with Crippen molar-refractivity contribution in [2.24, 2.45) is 0 Å². The Kier molecular flexibility index (Phi) is 1.77. The second-order valence-electron chi connectivity index (χ2n) is 2.45. The third kappa shape index (κ3) is 1.29. The highest BCUT2D eigenvalue weighted by molar-refractivity contribution is 9.10. The first kappa shape index (κ1) is 8.18. The lowest BCUT2D eigenvalue weighted by Crippen LogP contribution is -2.21. The molecule has 0 aliphatic rings. The Morgan fingerprint density at radius 1 is 1.46 bits per heavy atom. The van der Waals surface area contributed by atoms with Gasteiger partial charge in [-0.1, -0.05) is 15.9 Å². The molecule has 1 aromatic carbocycles. The summed E-state index contributed by atoms with van der Waals surface area (Å²) in [5, 5.41) is 16.1. The van der Waals surface area contributed by atoms with E-state index in [0.29, 0.717) is 10.9 Å². The van der Waals surface area contributed by atoms with Gasteiger partial charge in [0, 0.05) is 4.47 Å². The molecule has 0 saturated carbocycles. The van der Waals surface area contributed by atoms with E-state index in [-0.39, 0.29) is 4.85 Å². The number of hydrogen-bond acceptors (Lipinski definition) is 4. The highest BCUT2D eigenvalue weighted by Gasteiger charge is 2.03. The number of aromatic nitrogens is 3. The molecule has 5 nitrogen and oxygen atoms in total. The first-order chi connectivity index (χ1) is 6.18. The van der Waals surface area contributed by atoms with Gasteiger partial charge in [-0.15, -0.1) is 5.10 Å². The molecule has 0 atom stereocenters. The van der Waals surface area contributed by atoms with Crippen molar-refractivity contribution in [3.8, 4) is 0 Å². The number of rotatable bonds is 0. The lowest BCUT2D eigenvalue weighted by Gasteiger charge is -1.96. The van der Waals surface area contributed by atoms with E-state index >= 15 is 0 Å². The summed E-state index contributed by atoms with van der Waals surface area (Å²) in [5.74, 6) is 0. The van der Waals surface area contributed by atoms with E-state index < -0.39 is 5.56 Å². The van der Waals surface area contributed by atoms with Gasteiger partial charge in [-0.3, -0.25) is 4.79 Å². The van der Waals surface area contributed by atoms with Crippen LogP contribution >= 0.6 is 15.9 Å². The third-order valence-corrected chi connectivity index (χ3v) is 2.10.